The topological polar surface area (TPSA) is 81.2 Å². The van der Waals surface area contributed by atoms with Crippen molar-refractivity contribution in [1.82, 2.24) is 4.98 Å². The maximum absolute atomic E-state index is 11.1. The minimum atomic E-state index is -0.441. The molecule has 100 valence electrons. The normalized spacial score (nSPS) is 10.6. The maximum atomic E-state index is 11.1. The molecular weight excluding hydrogens is 258 g/mol. The van der Waals surface area contributed by atoms with Crippen molar-refractivity contribution in [2.75, 3.05) is 5.32 Å². The number of hydrogen-bond acceptors (Lipinski definition) is 5. The highest BCUT2D eigenvalue weighted by molar-refractivity contribution is 5.95. The lowest BCUT2D eigenvalue weighted by Crippen LogP contribution is -2.03. The van der Waals surface area contributed by atoms with Crippen LogP contribution in [0.1, 0.15) is 5.76 Å². The molecule has 6 nitrogen and oxygen atoms in total. The highest BCUT2D eigenvalue weighted by atomic mass is 16.6. The van der Waals surface area contributed by atoms with Crippen LogP contribution in [0.2, 0.25) is 0 Å². The molecule has 0 radical (unpaired) electrons. The molecule has 20 heavy (non-hydrogen) atoms. The fourth-order valence-electron chi connectivity index (χ4n) is 2.04. The molecule has 1 N–H and O–H groups in total. The van der Waals surface area contributed by atoms with Crippen molar-refractivity contribution < 1.29 is 9.34 Å². The van der Waals surface area contributed by atoms with Crippen molar-refractivity contribution in [3.63, 3.8) is 0 Å². The van der Waals surface area contributed by atoms with Crippen molar-refractivity contribution in [1.29, 1.82) is 0 Å². The Kier molecular flexibility index (Phi) is 3.04. The van der Waals surface area contributed by atoms with Gasteiger partial charge in [0.2, 0.25) is 0 Å². The second kappa shape index (κ2) is 5.00. The lowest BCUT2D eigenvalue weighted by atomic mass is 10.1. The molecule has 0 saturated carbocycles. The Morgan fingerprint density at radius 1 is 1.25 bits per heavy atom. The molecule has 0 aliphatic heterocycles. The SMILES string of the molecule is O=[N+]([O-])c1cnc2ccccc2c1NCc1ccco1. The van der Waals surface area contributed by atoms with Crippen molar-refractivity contribution in [2.24, 2.45) is 0 Å². The Labute approximate surface area is 114 Å². The number of benzene rings is 1. The molecule has 3 aromatic rings. The molecule has 0 spiro atoms. The van der Waals surface area contributed by atoms with Gasteiger partial charge in [0.1, 0.15) is 17.6 Å². The van der Waals surface area contributed by atoms with Crippen LogP contribution in [0, 0.1) is 10.1 Å². The average molecular weight is 269 g/mol. The Hall–Kier alpha value is -2.89. The van der Waals surface area contributed by atoms with E-state index in [1.165, 1.54) is 6.20 Å². The van der Waals surface area contributed by atoms with Crippen LogP contribution in [0.15, 0.2) is 53.3 Å². The lowest BCUT2D eigenvalue weighted by molar-refractivity contribution is -0.384. The predicted octanol–water partition coefficient (Wildman–Crippen LogP) is 3.35. The van der Waals surface area contributed by atoms with Gasteiger partial charge in [-0.3, -0.25) is 10.1 Å². The molecule has 0 fully saturated rings. The predicted molar refractivity (Wildman–Crippen MR) is 74.4 cm³/mol. The first kappa shape index (κ1) is 12.2. The van der Waals surface area contributed by atoms with Crippen LogP contribution in [-0.4, -0.2) is 9.91 Å². The zero-order valence-electron chi connectivity index (χ0n) is 10.4. The first-order valence-corrected chi connectivity index (χ1v) is 6.04. The number of nitrogens with zero attached hydrogens (tertiary/aromatic N) is 2. The zero-order valence-corrected chi connectivity index (χ0v) is 10.4. The largest absolute Gasteiger partial charge is 0.467 e. The quantitative estimate of drug-likeness (QED) is 0.580. The van der Waals surface area contributed by atoms with E-state index in [1.807, 2.05) is 24.3 Å². The molecule has 1 aromatic carbocycles. The van der Waals surface area contributed by atoms with Crippen molar-refractivity contribution in [3.05, 3.63) is 64.7 Å². The van der Waals surface area contributed by atoms with E-state index in [0.717, 1.165) is 0 Å². The summed E-state index contributed by atoms with van der Waals surface area (Å²) in [5, 5.41) is 14.9. The number of aromatic nitrogens is 1. The third kappa shape index (κ3) is 2.18. The minimum absolute atomic E-state index is 0.0461. The van der Waals surface area contributed by atoms with E-state index >= 15 is 0 Å². The summed E-state index contributed by atoms with van der Waals surface area (Å²) in [6, 6.07) is 10.9. The third-order valence-electron chi connectivity index (χ3n) is 2.97. The monoisotopic (exact) mass is 269 g/mol. The fourth-order valence-corrected chi connectivity index (χ4v) is 2.04. The highest BCUT2D eigenvalue weighted by Gasteiger charge is 2.17. The lowest BCUT2D eigenvalue weighted by Gasteiger charge is -2.08. The first-order valence-electron chi connectivity index (χ1n) is 6.04. The molecule has 0 unspecified atom stereocenters. The number of para-hydroxylation sites is 1. The van der Waals surface area contributed by atoms with Crippen molar-refractivity contribution >= 4 is 22.3 Å². The molecule has 6 heteroatoms. The molecule has 0 aliphatic carbocycles. The van der Waals surface area contributed by atoms with Gasteiger partial charge >= 0.3 is 5.69 Å². The Morgan fingerprint density at radius 3 is 2.85 bits per heavy atom. The first-order chi connectivity index (χ1) is 9.75. The van der Waals surface area contributed by atoms with E-state index in [2.05, 4.69) is 10.3 Å². The highest BCUT2D eigenvalue weighted by Crippen LogP contribution is 2.31. The van der Waals surface area contributed by atoms with Gasteiger partial charge < -0.3 is 9.73 Å². The maximum Gasteiger partial charge on any atom is 0.311 e. The van der Waals surface area contributed by atoms with Gasteiger partial charge in [0.05, 0.1) is 23.2 Å². The van der Waals surface area contributed by atoms with E-state index in [1.54, 1.807) is 18.4 Å². The molecule has 0 bridgehead atoms. The Balaban J connectivity index is 2.05. The van der Waals surface area contributed by atoms with E-state index < -0.39 is 4.92 Å². The van der Waals surface area contributed by atoms with Gasteiger partial charge in [-0.15, -0.1) is 0 Å². The number of anilines is 1. The van der Waals surface area contributed by atoms with E-state index in [0.29, 0.717) is 28.9 Å². The summed E-state index contributed by atoms with van der Waals surface area (Å²) >= 11 is 0. The number of nitro groups is 1. The van der Waals surface area contributed by atoms with Crippen LogP contribution in [0.25, 0.3) is 10.9 Å². The second-order valence-corrected chi connectivity index (χ2v) is 4.23. The van der Waals surface area contributed by atoms with Crippen LogP contribution in [0.5, 0.6) is 0 Å². The van der Waals surface area contributed by atoms with Crippen LogP contribution >= 0.6 is 0 Å². The number of furan rings is 1. The molecule has 0 saturated heterocycles. The molecule has 2 aromatic heterocycles. The van der Waals surface area contributed by atoms with Crippen molar-refractivity contribution in [2.45, 2.75) is 6.54 Å². The van der Waals surface area contributed by atoms with E-state index in [9.17, 15) is 10.1 Å². The van der Waals surface area contributed by atoms with Gasteiger partial charge in [0.25, 0.3) is 0 Å². The van der Waals surface area contributed by atoms with Crippen LogP contribution < -0.4 is 5.32 Å². The number of pyridine rings is 1. The molecule has 3 rings (SSSR count). The van der Waals surface area contributed by atoms with Crippen molar-refractivity contribution in [3.8, 4) is 0 Å². The molecule has 0 aliphatic rings. The summed E-state index contributed by atoms with van der Waals surface area (Å²) in [6.07, 6.45) is 2.84. The number of rotatable bonds is 4. The minimum Gasteiger partial charge on any atom is -0.467 e. The van der Waals surface area contributed by atoms with Gasteiger partial charge in [0.15, 0.2) is 0 Å². The van der Waals surface area contributed by atoms with Gasteiger partial charge in [0, 0.05) is 5.39 Å². The number of fused-ring (bicyclic) bond motifs is 1. The Morgan fingerprint density at radius 2 is 2.10 bits per heavy atom. The number of hydrogen-bond donors (Lipinski definition) is 1. The summed E-state index contributed by atoms with van der Waals surface area (Å²) in [4.78, 5) is 14.8. The Bertz CT molecular complexity index is 753. The number of nitrogens with one attached hydrogen (secondary N) is 1. The smallest absolute Gasteiger partial charge is 0.311 e. The second-order valence-electron chi connectivity index (χ2n) is 4.23. The summed E-state index contributed by atoms with van der Waals surface area (Å²) < 4.78 is 5.22. The van der Waals surface area contributed by atoms with E-state index in [4.69, 9.17) is 4.42 Å². The molecule has 2 heterocycles. The summed E-state index contributed by atoms with van der Waals surface area (Å²) in [6.45, 7) is 0.377. The molecular formula is C14H11N3O3. The van der Waals surface area contributed by atoms with Gasteiger partial charge in [-0.1, -0.05) is 18.2 Å². The van der Waals surface area contributed by atoms with Gasteiger partial charge in [-0.2, -0.15) is 0 Å². The summed E-state index contributed by atoms with van der Waals surface area (Å²) in [5.74, 6) is 0.709. The standard InChI is InChI=1S/C14H11N3O3/c18-17(19)13-9-15-12-6-2-1-5-11(12)14(13)16-8-10-4-3-7-20-10/h1-7,9H,8H2,(H,15,16). The summed E-state index contributed by atoms with van der Waals surface area (Å²) in [7, 11) is 0. The molecule has 0 atom stereocenters. The van der Waals surface area contributed by atoms with Crippen LogP contribution in [-0.2, 0) is 6.54 Å². The molecule has 0 amide bonds. The van der Waals surface area contributed by atoms with Crippen LogP contribution in [0.4, 0.5) is 11.4 Å². The summed E-state index contributed by atoms with van der Waals surface area (Å²) in [5.41, 5.74) is 1.12. The third-order valence-corrected chi connectivity index (χ3v) is 2.97. The van der Waals surface area contributed by atoms with Crippen LogP contribution in [0.3, 0.4) is 0 Å². The van der Waals surface area contributed by atoms with Gasteiger partial charge in [-0.25, -0.2) is 4.98 Å². The van der Waals surface area contributed by atoms with Gasteiger partial charge in [-0.05, 0) is 18.2 Å². The average Bonchev–Trinajstić information content (AvgIpc) is 2.97. The fraction of sp³-hybridized carbons (Fsp3) is 0.0714. The van der Waals surface area contributed by atoms with E-state index in [-0.39, 0.29) is 5.69 Å². The zero-order chi connectivity index (χ0) is 13.9.